The summed E-state index contributed by atoms with van der Waals surface area (Å²) < 4.78 is 10.5. The summed E-state index contributed by atoms with van der Waals surface area (Å²) in [5.41, 5.74) is 5.64. The van der Waals surface area contributed by atoms with Gasteiger partial charge in [0.05, 0.1) is 13.1 Å². The largest absolute Gasteiger partial charge is 0.507 e. The maximum atomic E-state index is 12.3. The summed E-state index contributed by atoms with van der Waals surface area (Å²) in [5, 5.41) is 26.2. The minimum absolute atomic E-state index is 0.0217. The van der Waals surface area contributed by atoms with Gasteiger partial charge in [-0.15, -0.1) is 0 Å². The van der Waals surface area contributed by atoms with Gasteiger partial charge in [-0.3, -0.25) is 19.2 Å². The molecule has 0 radical (unpaired) electrons. The van der Waals surface area contributed by atoms with E-state index >= 15 is 0 Å². The van der Waals surface area contributed by atoms with E-state index in [0.29, 0.717) is 24.3 Å². The van der Waals surface area contributed by atoms with Crippen molar-refractivity contribution < 1.29 is 38.9 Å². The lowest BCUT2D eigenvalue weighted by molar-refractivity contribution is -0.145. The third kappa shape index (κ3) is 15.6. The molecule has 2 amide bonds. The summed E-state index contributed by atoms with van der Waals surface area (Å²) in [6, 6.07) is 7.88. The molecule has 0 saturated carbocycles. The third-order valence-corrected chi connectivity index (χ3v) is 8.60. The van der Waals surface area contributed by atoms with Crippen LogP contribution >= 0.6 is 0 Å². The second-order valence-corrected chi connectivity index (χ2v) is 12.9. The molecule has 0 aliphatic carbocycles. The minimum atomic E-state index is -0.874. The van der Waals surface area contributed by atoms with Crippen LogP contribution in [0.2, 0.25) is 0 Å². The summed E-state index contributed by atoms with van der Waals surface area (Å²) in [6.07, 6.45) is 12.5. The molecule has 2 aromatic carbocycles. The van der Waals surface area contributed by atoms with E-state index in [1.165, 1.54) is 0 Å². The van der Waals surface area contributed by atoms with E-state index in [1.54, 1.807) is 0 Å². The number of aryl methyl sites for hydroxylation is 6. The molecule has 0 aromatic heterocycles. The minimum Gasteiger partial charge on any atom is -0.507 e. The highest BCUT2D eigenvalue weighted by Gasteiger charge is 2.15. The van der Waals surface area contributed by atoms with E-state index in [4.69, 9.17) is 9.47 Å². The van der Waals surface area contributed by atoms with Crippen molar-refractivity contribution in [1.29, 1.82) is 0 Å². The molecule has 0 saturated heterocycles. The molecule has 10 nitrogen and oxygen atoms in total. The van der Waals surface area contributed by atoms with Crippen LogP contribution in [0.1, 0.15) is 125 Å². The molecule has 4 N–H and O–H groups in total. The first-order valence-corrected chi connectivity index (χ1v) is 18.7. The normalized spacial score (nSPS) is 10.9. The number of amides is 2. The molecule has 0 fully saturated rings. The molecule has 0 heterocycles. The second-order valence-electron chi connectivity index (χ2n) is 12.9. The highest BCUT2D eigenvalue weighted by atomic mass is 16.5. The van der Waals surface area contributed by atoms with Crippen molar-refractivity contribution in [2.75, 3.05) is 26.3 Å². The van der Waals surface area contributed by atoms with Crippen molar-refractivity contribution in [2.24, 2.45) is 0 Å². The number of rotatable bonds is 24. The summed E-state index contributed by atoms with van der Waals surface area (Å²) in [6.45, 7) is 8.25. The lowest BCUT2D eigenvalue weighted by Gasteiger charge is -2.13. The summed E-state index contributed by atoms with van der Waals surface area (Å²) in [5.74, 6) is -1.84. The quantitative estimate of drug-likeness (QED) is 0.0563. The van der Waals surface area contributed by atoms with Gasteiger partial charge in [0.1, 0.15) is 24.7 Å². The van der Waals surface area contributed by atoms with Gasteiger partial charge < -0.3 is 30.3 Å². The van der Waals surface area contributed by atoms with Crippen LogP contribution in [0, 0.1) is 0 Å². The maximum absolute atomic E-state index is 12.3. The number of hydrogen-bond donors (Lipinski definition) is 4. The van der Waals surface area contributed by atoms with E-state index in [1.807, 2.05) is 24.3 Å². The predicted molar refractivity (Wildman–Crippen MR) is 195 cm³/mol. The van der Waals surface area contributed by atoms with Gasteiger partial charge in [-0.2, -0.15) is 0 Å². The van der Waals surface area contributed by atoms with Crippen LogP contribution < -0.4 is 10.6 Å². The van der Waals surface area contributed by atoms with Crippen molar-refractivity contribution in [3.63, 3.8) is 0 Å². The Morgan fingerprint density at radius 3 is 1.10 bits per heavy atom. The number of ether oxygens (including phenoxy) is 2. The Morgan fingerprint density at radius 2 is 0.820 bits per heavy atom. The van der Waals surface area contributed by atoms with Gasteiger partial charge in [0.25, 0.3) is 0 Å². The number of carbonyl (C=O) groups is 4. The molecule has 0 atom stereocenters. The molecule has 2 rings (SSSR count). The molecule has 0 aliphatic heterocycles. The number of nitrogens with one attached hydrogen (secondary N) is 2. The van der Waals surface area contributed by atoms with E-state index in [-0.39, 0.29) is 39.1 Å². The van der Waals surface area contributed by atoms with Crippen molar-refractivity contribution in [1.82, 2.24) is 10.6 Å². The molecular formula is C40H60N2O8. The standard InChI is InChI=1S/C40H60N2O8/c1-5-9-13-31-25-29(26-32(37(31)45)14-10-6-2)17-19-35(43)49-23-21-41-39(47)40(48)42-22-24-50-36(44)20-18-30-27-33(15-11-7-3)38(46)34(28-30)16-12-8-4/h25-28,45-46H,5-24H2,1-4H3,(H,41,47)(H,42,48). The number of aromatic hydroxyl groups is 2. The van der Waals surface area contributed by atoms with Crippen molar-refractivity contribution in [2.45, 2.75) is 130 Å². The third-order valence-electron chi connectivity index (χ3n) is 8.60. The molecular weight excluding hydrogens is 636 g/mol. The SMILES string of the molecule is CCCCc1cc(CCC(=O)OCCNC(=O)C(=O)NCCOC(=O)CCc2cc(CCCC)c(O)c(CCCC)c2)cc(CCCC)c1O. The van der Waals surface area contributed by atoms with Crippen LogP contribution in [-0.2, 0) is 67.2 Å². The summed E-state index contributed by atoms with van der Waals surface area (Å²) in [7, 11) is 0. The number of phenols is 2. The first kappa shape index (κ1) is 42.1. The van der Waals surface area contributed by atoms with Gasteiger partial charge in [-0.25, -0.2) is 0 Å². The van der Waals surface area contributed by atoms with Gasteiger partial charge >= 0.3 is 23.8 Å². The zero-order chi connectivity index (χ0) is 36.7. The Balaban J connectivity index is 1.67. The number of phenolic OH excluding ortho intramolecular Hbond substituents is 2. The fourth-order valence-corrected chi connectivity index (χ4v) is 5.64. The highest BCUT2D eigenvalue weighted by molar-refractivity contribution is 6.35. The summed E-state index contributed by atoms with van der Waals surface area (Å²) in [4.78, 5) is 48.9. The number of esters is 2. The molecule has 10 heteroatoms. The van der Waals surface area contributed by atoms with Crippen molar-refractivity contribution in [3.05, 3.63) is 57.6 Å². The van der Waals surface area contributed by atoms with Crippen LogP contribution in [0.25, 0.3) is 0 Å². The summed E-state index contributed by atoms with van der Waals surface area (Å²) >= 11 is 0. The molecule has 0 aliphatic rings. The Bertz CT molecular complexity index is 1210. The van der Waals surface area contributed by atoms with Crippen LogP contribution in [0.4, 0.5) is 0 Å². The molecule has 0 spiro atoms. The van der Waals surface area contributed by atoms with E-state index in [2.05, 4.69) is 38.3 Å². The predicted octanol–water partition coefficient (Wildman–Crippen LogP) is 6.35. The van der Waals surface area contributed by atoms with Gasteiger partial charge in [0, 0.05) is 12.8 Å². The molecule has 278 valence electrons. The topological polar surface area (TPSA) is 151 Å². The van der Waals surface area contributed by atoms with Gasteiger partial charge in [-0.1, -0.05) is 77.6 Å². The van der Waals surface area contributed by atoms with E-state index in [0.717, 1.165) is 110 Å². The molecule has 0 unspecified atom stereocenters. The van der Waals surface area contributed by atoms with Crippen molar-refractivity contribution in [3.8, 4) is 11.5 Å². The number of carbonyl (C=O) groups excluding carboxylic acids is 4. The van der Waals surface area contributed by atoms with Gasteiger partial charge in [0.2, 0.25) is 0 Å². The Labute approximate surface area is 298 Å². The Morgan fingerprint density at radius 1 is 0.520 bits per heavy atom. The monoisotopic (exact) mass is 696 g/mol. The van der Waals surface area contributed by atoms with E-state index < -0.39 is 23.8 Å². The Kier molecular flexibility index (Phi) is 20.3. The van der Waals surface area contributed by atoms with Crippen LogP contribution in [-0.4, -0.2) is 60.3 Å². The van der Waals surface area contributed by atoms with Crippen LogP contribution in [0.3, 0.4) is 0 Å². The second kappa shape index (κ2) is 24.1. The average Bonchev–Trinajstić information content (AvgIpc) is 3.11. The fraction of sp³-hybridized carbons (Fsp3) is 0.600. The molecule has 50 heavy (non-hydrogen) atoms. The first-order chi connectivity index (χ1) is 24.1. The van der Waals surface area contributed by atoms with Gasteiger partial charge in [-0.05, 0) is 97.6 Å². The highest BCUT2D eigenvalue weighted by Crippen LogP contribution is 2.30. The van der Waals surface area contributed by atoms with Crippen LogP contribution in [0.5, 0.6) is 11.5 Å². The van der Waals surface area contributed by atoms with Gasteiger partial charge in [0.15, 0.2) is 0 Å². The zero-order valence-electron chi connectivity index (χ0n) is 30.8. The Hall–Kier alpha value is -4.08. The number of unbranched alkanes of at least 4 members (excludes halogenated alkanes) is 4. The van der Waals surface area contributed by atoms with Crippen molar-refractivity contribution >= 4 is 23.8 Å². The lowest BCUT2D eigenvalue weighted by Crippen LogP contribution is -2.42. The van der Waals surface area contributed by atoms with E-state index in [9.17, 15) is 29.4 Å². The number of hydrogen-bond acceptors (Lipinski definition) is 8. The number of benzene rings is 2. The lowest BCUT2D eigenvalue weighted by atomic mass is 9.95. The zero-order valence-corrected chi connectivity index (χ0v) is 30.8. The maximum Gasteiger partial charge on any atom is 0.309 e. The fourth-order valence-electron chi connectivity index (χ4n) is 5.64. The smallest absolute Gasteiger partial charge is 0.309 e. The van der Waals surface area contributed by atoms with Crippen LogP contribution in [0.15, 0.2) is 24.3 Å². The first-order valence-electron chi connectivity index (χ1n) is 18.7. The molecule has 0 bridgehead atoms. The average molecular weight is 697 g/mol. The molecule has 2 aromatic rings.